The van der Waals surface area contributed by atoms with Crippen molar-refractivity contribution in [3.8, 4) is 0 Å². The summed E-state index contributed by atoms with van der Waals surface area (Å²) in [5, 5.41) is 10.4. The van der Waals surface area contributed by atoms with Crippen LogP contribution in [0.5, 0.6) is 0 Å². The van der Waals surface area contributed by atoms with Crippen molar-refractivity contribution in [2.24, 2.45) is 0 Å². The number of nitrogens with zero attached hydrogens (tertiary/aromatic N) is 4. The Balaban J connectivity index is 2.02. The molecule has 0 unspecified atom stereocenters. The third-order valence-corrected chi connectivity index (χ3v) is 5.88. The lowest BCUT2D eigenvalue weighted by Gasteiger charge is -2.32. The van der Waals surface area contributed by atoms with E-state index in [0.717, 1.165) is 38.4 Å². The van der Waals surface area contributed by atoms with Gasteiger partial charge in [0.2, 0.25) is 0 Å². The first-order valence-electron chi connectivity index (χ1n) is 8.43. The SMILES string of the molecule is Cc1nc2sc3c(N(C)CCO)ncnc3c2c2c1COC(C)(C)C2. The van der Waals surface area contributed by atoms with Crippen molar-refractivity contribution in [1.29, 1.82) is 0 Å². The molecule has 3 aromatic heterocycles. The zero-order valence-electron chi connectivity index (χ0n) is 15.0. The lowest BCUT2D eigenvalue weighted by atomic mass is 9.89. The minimum Gasteiger partial charge on any atom is -0.395 e. The maximum Gasteiger partial charge on any atom is 0.149 e. The van der Waals surface area contributed by atoms with Gasteiger partial charge in [0.25, 0.3) is 0 Å². The molecule has 1 N–H and O–H groups in total. The van der Waals surface area contributed by atoms with Crippen LogP contribution in [0.3, 0.4) is 0 Å². The van der Waals surface area contributed by atoms with Crippen LogP contribution >= 0.6 is 11.3 Å². The molecule has 0 radical (unpaired) electrons. The Hall–Kier alpha value is -1.83. The number of rotatable bonds is 3. The van der Waals surface area contributed by atoms with E-state index in [-0.39, 0.29) is 12.2 Å². The summed E-state index contributed by atoms with van der Waals surface area (Å²) in [7, 11) is 1.94. The van der Waals surface area contributed by atoms with Crippen LogP contribution in [0.1, 0.15) is 30.7 Å². The van der Waals surface area contributed by atoms with Crippen molar-refractivity contribution >= 4 is 37.6 Å². The van der Waals surface area contributed by atoms with Crippen LogP contribution in [0.2, 0.25) is 0 Å². The number of pyridine rings is 1. The number of hydrogen-bond acceptors (Lipinski definition) is 7. The number of anilines is 1. The largest absolute Gasteiger partial charge is 0.395 e. The van der Waals surface area contributed by atoms with Gasteiger partial charge in [-0.15, -0.1) is 11.3 Å². The average molecular weight is 358 g/mol. The molecule has 4 heterocycles. The molecule has 0 aliphatic carbocycles. The first-order chi connectivity index (χ1) is 11.9. The van der Waals surface area contributed by atoms with Crippen molar-refractivity contribution in [2.45, 2.75) is 39.4 Å². The molecule has 132 valence electrons. The summed E-state index contributed by atoms with van der Waals surface area (Å²) in [6.07, 6.45) is 2.45. The Bertz CT molecular complexity index is 967. The predicted molar refractivity (Wildman–Crippen MR) is 100 cm³/mol. The fourth-order valence-electron chi connectivity index (χ4n) is 3.48. The zero-order chi connectivity index (χ0) is 17.8. The van der Waals surface area contributed by atoms with Gasteiger partial charge in [0.05, 0.1) is 29.0 Å². The Morgan fingerprint density at radius 1 is 1.32 bits per heavy atom. The topological polar surface area (TPSA) is 71.4 Å². The molecule has 0 atom stereocenters. The molecule has 3 aromatic rings. The molecule has 1 aliphatic heterocycles. The molecular weight excluding hydrogens is 336 g/mol. The van der Waals surface area contributed by atoms with Crippen molar-refractivity contribution in [3.05, 3.63) is 23.1 Å². The van der Waals surface area contributed by atoms with Crippen molar-refractivity contribution in [2.75, 3.05) is 25.1 Å². The van der Waals surface area contributed by atoms with Crippen LogP contribution in [0.25, 0.3) is 20.4 Å². The fraction of sp³-hybridized carbons (Fsp3) is 0.500. The predicted octanol–water partition coefficient (Wildman–Crippen LogP) is 2.83. The summed E-state index contributed by atoms with van der Waals surface area (Å²) in [5.41, 5.74) is 4.29. The first kappa shape index (κ1) is 16.6. The van der Waals surface area contributed by atoms with Gasteiger partial charge in [-0.1, -0.05) is 0 Å². The smallest absolute Gasteiger partial charge is 0.149 e. The second-order valence-corrected chi connectivity index (χ2v) is 8.18. The molecule has 25 heavy (non-hydrogen) atoms. The standard InChI is InChI=1S/C18H22N4O2S/c1-10-12-8-24-18(2,3)7-11(12)13-14-15(25-17(13)21-10)16(20-9-19-14)22(4)5-6-23/h9,23H,5-8H2,1-4H3. The summed E-state index contributed by atoms with van der Waals surface area (Å²) < 4.78 is 7.02. The van der Waals surface area contributed by atoms with E-state index in [4.69, 9.17) is 9.72 Å². The van der Waals surface area contributed by atoms with Gasteiger partial charge in [-0.3, -0.25) is 0 Å². The number of aliphatic hydroxyl groups excluding tert-OH is 1. The molecule has 0 saturated heterocycles. The summed E-state index contributed by atoms with van der Waals surface area (Å²) in [6.45, 7) is 7.52. The van der Waals surface area contributed by atoms with Gasteiger partial charge >= 0.3 is 0 Å². The van der Waals surface area contributed by atoms with E-state index in [0.29, 0.717) is 13.2 Å². The van der Waals surface area contributed by atoms with E-state index in [2.05, 4.69) is 30.7 Å². The number of aromatic nitrogens is 3. The van der Waals surface area contributed by atoms with Crippen molar-refractivity contribution in [3.63, 3.8) is 0 Å². The minimum atomic E-state index is -0.189. The van der Waals surface area contributed by atoms with Crippen LogP contribution in [0, 0.1) is 6.92 Å². The monoisotopic (exact) mass is 358 g/mol. The number of hydrogen-bond donors (Lipinski definition) is 1. The molecule has 0 aromatic carbocycles. The van der Waals surface area contributed by atoms with E-state index in [1.807, 2.05) is 11.9 Å². The fourth-order valence-corrected chi connectivity index (χ4v) is 4.73. The van der Waals surface area contributed by atoms with Crippen LogP contribution < -0.4 is 4.90 Å². The third kappa shape index (κ3) is 2.67. The van der Waals surface area contributed by atoms with Crippen LogP contribution in [0.15, 0.2) is 6.33 Å². The molecule has 0 fully saturated rings. The third-order valence-electron chi connectivity index (χ3n) is 4.81. The lowest BCUT2D eigenvalue weighted by molar-refractivity contribution is -0.0400. The molecule has 0 saturated carbocycles. The molecule has 4 rings (SSSR count). The first-order valence-corrected chi connectivity index (χ1v) is 9.24. The maximum atomic E-state index is 9.25. The second-order valence-electron chi connectivity index (χ2n) is 7.18. The van der Waals surface area contributed by atoms with E-state index >= 15 is 0 Å². The highest BCUT2D eigenvalue weighted by Crippen LogP contribution is 2.42. The maximum absolute atomic E-state index is 9.25. The number of likely N-dealkylation sites (N-methyl/N-ethyl adjacent to an activating group) is 1. The Labute approximate surface area is 150 Å². The molecule has 6 nitrogen and oxygen atoms in total. The van der Waals surface area contributed by atoms with Gasteiger partial charge in [0.1, 0.15) is 17.0 Å². The number of thiophene rings is 1. The summed E-state index contributed by atoms with van der Waals surface area (Å²) in [6, 6.07) is 0. The normalized spacial score (nSPS) is 16.4. The number of fused-ring (bicyclic) bond motifs is 5. The van der Waals surface area contributed by atoms with Crippen LogP contribution in [-0.4, -0.2) is 45.9 Å². The van der Waals surface area contributed by atoms with Gasteiger partial charge in [0.15, 0.2) is 0 Å². The van der Waals surface area contributed by atoms with E-state index in [9.17, 15) is 5.11 Å². The lowest BCUT2D eigenvalue weighted by Crippen LogP contribution is -2.32. The van der Waals surface area contributed by atoms with Gasteiger partial charge in [-0.05, 0) is 26.3 Å². The van der Waals surface area contributed by atoms with Crippen LogP contribution in [-0.2, 0) is 17.8 Å². The molecular formula is C18H22N4O2S. The number of aryl methyl sites for hydroxylation is 1. The molecule has 0 spiro atoms. The highest BCUT2D eigenvalue weighted by atomic mass is 32.1. The summed E-state index contributed by atoms with van der Waals surface area (Å²) in [4.78, 5) is 16.8. The second kappa shape index (κ2) is 5.86. The zero-order valence-corrected chi connectivity index (χ0v) is 15.8. The highest BCUT2D eigenvalue weighted by molar-refractivity contribution is 7.26. The van der Waals surface area contributed by atoms with E-state index in [1.54, 1.807) is 17.7 Å². The van der Waals surface area contributed by atoms with Gasteiger partial charge in [-0.2, -0.15) is 0 Å². The average Bonchev–Trinajstić information content (AvgIpc) is 2.92. The van der Waals surface area contributed by atoms with E-state index in [1.165, 1.54) is 11.1 Å². The quantitative estimate of drug-likeness (QED) is 0.776. The molecule has 1 aliphatic rings. The summed E-state index contributed by atoms with van der Waals surface area (Å²) in [5.74, 6) is 0.847. The van der Waals surface area contributed by atoms with E-state index < -0.39 is 0 Å². The Morgan fingerprint density at radius 2 is 2.12 bits per heavy atom. The van der Waals surface area contributed by atoms with Gasteiger partial charge in [-0.25, -0.2) is 15.0 Å². The van der Waals surface area contributed by atoms with Crippen molar-refractivity contribution in [1.82, 2.24) is 15.0 Å². The Kier molecular flexibility index (Phi) is 3.90. The molecule has 0 bridgehead atoms. The molecule has 7 heteroatoms. The number of ether oxygens (including phenoxy) is 1. The minimum absolute atomic E-state index is 0.0885. The van der Waals surface area contributed by atoms with Crippen LogP contribution in [0.4, 0.5) is 5.82 Å². The molecule has 0 amide bonds. The summed E-state index contributed by atoms with van der Waals surface area (Å²) >= 11 is 1.63. The van der Waals surface area contributed by atoms with Crippen molar-refractivity contribution < 1.29 is 9.84 Å². The Morgan fingerprint density at radius 3 is 2.88 bits per heavy atom. The number of aliphatic hydroxyl groups is 1. The van der Waals surface area contributed by atoms with Gasteiger partial charge < -0.3 is 14.7 Å². The highest BCUT2D eigenvalue weighted by Gasteiger charge is 2.31. The van der Waals surface area contributed by atoms with Gasteiger partial charge in [0, 0.05) is 36.7 Å².